The number of amides is 3. The number of morpholine rings is 1. The second-order valence-corrected chi connectivity index (χ2v) is 9.94. The van der Waals surface area contributed by atoms with E-state index in [9.17, 15) is 14.4 Å². The Morgan fingerprint density at radius 2 is 1.92 bits per heavy atom. The Labute approximate surface area is 215 Å². The number of benzene rings is 2. The molecule has 1 spiro atoms. The zero-order chi connectivity index (χ0) is 25.6. The van der Waals surface area contributed by atoms with Gasteiger partial charge in [-0.05, 0) is 54.2 Å². The first-order valence-electron chi connectivity index (χ1n) is 12.6. The van der Waals surface area contributed by atoms with Gasteiger partial charge in [0.05, 0.1) is 18.1 Å². The number of carbonyl (C=O) groups is 3. The molecule has 1 aromatic heterocycles. The molecule has 6 rings (SSSR count). The third kappa shape index (κ3) is 3.97. The number of fused-ring (bicyclic) bond motifs is 3. The molecule has 2 N–H and O–H groups in total. The highest BCUT2D eigenvalue weighted by molar-refractivity contribution is 6.06. The standard InChI is InChI=1S/C29H28N4O4/c1-2-24-27(35)33(23(17-37-24)18-7-4-3-5-8-18)16-25(34)31-21-11-10-19-14-29(15-20(19)13-21)22-9-6-12-30-26(22)32-28(29)36/h3-13,23-24H,2,14-17H2,1H3,(H,31,34)(H,30,32,36)/t23?,24-,29?/m0/s1. The second-order valence-electron chi connectivity index (χ2n) is 9.94. The Kier molecular flexibility index (Phi) is 5.76. The van der Waals surface area contributed by atoms with E-state index in [1.807, 2.05) is 67.6 Å². The third-order valence-corrected chi connectivity index (χ3v) is 7.72. The van der Waals surface area contributed by atoms with Gasteiger partial charge >= 0.3 is 0 Å². The normalized spacial score (nSPS) is 24.1. The average molecular weight is 497 g/mol. The topological polar surface area (TPSA) is 101 Å². The molecule has 2 aromatic carbocycles. The minimum atomic E-state index is -0.660. The Morgan fingerprint density at radius 1 is 1.11 bits per heavy atom. The largest absolute Gasteiger partial charge is 0.366 e. The molecule has 1 fully saturated rings. The van der Waals surface area contributed by atoms with Gasteiger partial charge in [-0.25, -0.2) is 4.98 Å². The molecule has 3 aliphatic rings. The Balaban J connectivity index is 1.20. The fourth-order valence-corrected chi connectivity index (χ4v) is 5.84. The quantitative estimate of drug-likeness (QED) is 0.564. The number of hydrogen-bond acceptors (Lipinski definition) is 5. The molecule has 0 radical (unpaired) electrons. The molecule has 1 saturated heterocycles. The third-order valence-electron chi connectivity index (χ3n) is 7.72. The molecule has 2 aliphatic heterocycles. The summed E-state index contributed by atoms with van der Waals surface area (Å²) in [5.41, 5.74) is 3.96. The van der Waals surface area contributed by atoms with Gasteiger partial charge in [0, 0.05) is 17.4 Å². The predicted octanol–water partition coefficient (Wildman–Crippen LogP) is 3.39. The number of pyridine rings is 1. The van der Waals surface area contributed by atoms with Crippen molar-refractivity contribution in [1.29, 1.82) is 0 Å². The van der Waals surface area contributed by atoms with Crippen molar-refractivity contribution in [1.82, 2.24) is 9.88 Å². The number of nitrogens with zero attached hydrogens (tertiary/aromatic N) is 2. The number of anilines is 2. The van der Waals surface area contributed by atoms with Gasteiger partial charge in [0.2, 0.25) is 11.8 Å². The van der Waals surface area contributed by atoms with Crippen LogP contribution in [0.4, 0.5) is 11.5 Å². The van der Waals surface area contributed by atoms with E-state index < -0.39 is 11.5 Å². The van der Waals surface area contributed by atoms with Crippen molar-refractivity contribution >= 4 is 29.2 Å². The first-order valence-corrected chi connectivity index (χ1v) is 12.6. The van der Waals surface area contributed by atoms with Crippen LogP contribution in [0.25, 0.3) is 0 Å². The average Bonchev–Trinajstić information content (AvgIpc) is 3.42. The SMILES string of the molecule is CC[C@@H]1OCC(c2ccccc2)N(CC(=O)Nc2ccc3c(c2)CC2(C3)C(=O)Nc3ncccc32)C1=O. The van der Waals surface area contributed by atoms with E-state index in [1.54, 1.807) is 11.1 Å². The Bertz CT molecular complexity index is 1390. The summed E-state index contributed by atoms with van der Waals surface area (Å²) in [6, 6.07) is 18.9. The van der Waals surface area contributed by atoms with Gasteiger partial charge in [-0.2, -0.15) is 0 Å². The highest BCUT2D eigenvalue weighted by Gasteiger charge is 2.51. The van der Waals surface area contributed by atoms with Crippen molar-refractivity contribution in [2.24, 2.45) is 0 Å². The van der Waals surface area contributed by atoms with Crippen molar-refractivity contribution in [3.63, 3.8) is 0 Å². The number of hydrogen-bond donors (Lipinski definition) is 2. The van der Waals surface area contributed by atoms with Crippen molar-refractivity contribution in [2.75, 3.05) is 23.8 Å². The van der Waals surface area contributed by atoms with Crippen molar-refractivity contribution in [3.05, 3.63) is 89.1 Å². The molecule has 1 aliphatic carbocycles. The monoisotopic (exact) mass is 496 g/mol. The van der Waals surface area contributed by atoms with E-state index in [-0.39, 0.29) is 30.3 Å². The van der Waals surface area contributed by atoms with Gasteiger partial charge in [-0.1, -0.05) is 49.4 Å². The van der Waals surface area contributed by atoms with Crippen molar-refractivity contribution < 1.29 is 19.1 Å². The van der Waals surface area contributed by atoms with Gasteiger partial charge in [0.25, 0.3) is 5.91 Å². The summed E-state index contributed by atoms with van der Waals surface area (Å²) in [6.45, 7) is 2.18. The van der Waals surface area contributed by atoms with E-state index >= 15 is 0 Å². The summed E-state index contributed by atoms with van der Waals surface area (Å²) >= 11 is 0. The van der Waals surface area contributed by atoms with Gasteiger partial charge in [0.1, 0.15) is 18.5 Å². The fourth-order valence-electron chi connectivity index (χ4n) is 5.84. The molecule has 0 bridgehead atoms. The number of aromatic nitrogens is 1. The van der Waals surface area contributed by atoms with E-state index in [0.29, 0.717) is 37.4 Å². The van der Waals surface area contributed by atoms with E-state index in [4.69, 9.17) is 4.74 Å². The number of carbonyl (C=O) groups excluding carboxylic acids is 3. The summed E-state index contributed by atoms with van der Waals surface area (Å²) in [7, 11) is 0. The summed E-state index contributed by atoms with van der Waals surface area (Å²) in [5.74, 6) is 0.147. The lowest BCUT2D eigenvalue weighted by Crippen LogP contribution is -2.51. The molecule has 3 heterocycles. The van der Waals surface area contributed by atoms with Crippen LogP contribution in [0.3, 0.4) is 0 Å². The summed E-state index contributed by atoms with van der Waals surface area (Å²) in [6.07, 6.45) is 2.83. The van der Waals surface area contributed by atoms with E-state index in [2.05, 4.69) is 15.6 Å². The van der Waals surface area contributed by atoms with Gasteiger partial charge in [0.15, 0.2) is 0 Å². The molecular weight excluding hydrogens is 468 g/mol. The molecule has 3 aromatic rings. The molecule has 3 amide bonds. The highest BCUT2D eigenvalue weighted by atomic mass is 16.5. The molecule has 0 saturated carbocycles. The molecule has 3 atom stereocenters. The lowest BCUT2D eigenvalue weighted by atomic mass is 9.79. The van der Waals surface area contributed by atoms with Gasteiger partial charge < -0.3 is 20.3 Å². The Morgan fingerprint density at radius 3 is 2.73 bits per heavy atom. The summed E-state index contributed by atoms with van der Waals surface area (Å²) in [4.78, 5) is 45.2. The second kappa shape index (κ2) is 9.12. The van der Waals surface area contributed by atoms with E-state index in [0.717, 1.165) is 22.3 Å². The molecular formula is C29H28N4O4. The van der Waals surface area contributed by atoms with Crippen LogP contribution in [-0.2, 0) is 37.4 Å². The van der Waals surface area contributed by atoms with Crippen LogP contribution in [-0.4, -0.2) is 46.9 Å². The lowest BCUT2D eigenvalue weighted by Gasteiger charge is -2.39. The zero-order valence-corrected chi connectivity index (χ0v) is 20.6. The van der Waals surface area contributed by atoms with Crippen LogP contribution in [0.2, 0.25) is 0 Å². The first kappa shape index (κ1) is 23.4. The maximum absolute atomic E-state index is 13.1. The minimum Gasteiger partial charge on any atom is -0.366 e. The fraction of sp³-hybridized carbons (Fsp3) is 0.310. The van der Waals surface area contributed by atoms with Gasteiger partial charge in [-0.3, -0.25) is 14.4 Å². The molecule has 8 heteroatoms. The van der Waals surface area contributed by atoms with Crippen LogP contribution >= 0.6 is 0 Å². The van der Waals surface area contributed by atoms with Crippen LogP contribution in [0.15, 0.2) is 66.9 Å². The lowest BCUT2D eigenvalue weighted by molar-refractivity contribution is -0.161. The van der Waals surface area contributed by atoms with Crippen molar-refractivity contribution in [2.45, 2.75) is 43.7 Å². The van der Waals surface area contributed by atoms with Crippen LogP contribution in [0.1, 0.15) is 41.6 Å². The summed E-state index contributed by atoms with van der Waals surface area (Å²) in [5, 5.41) is 5.89. The summed E-state index contributed by atoms with van der Waals surface area (Å²) < 4.78 is 5.81. The molecule has 37 heavy (non-hydrogen) atoms. The number of nitrogens with one attached hydrogen (secondary N) is 2. The maximum Gasteiger partial charge on any atom is 0.252 e. The highest BCUT2D eigenvalue weighted by Crippen LogP contribution is 2.47. The molecule has 8 nitrogen and oxygen atoms in total. The molecule has 2 unspecified atom stereocenters. The molecule has 188 valence electrons. The first-order chi connectivity index (χ1) is 18.0. The van der Waals surface area contributed by atoms with E-state index in [1.165, 1.54) is 0 Å². The number of rotatable bonds is 5. The Hall–Kier alpha value is -4.04. The zero-order valence-electron chi connectivity index (χ0n) is 20.6. The maximum atomic E-state index is 13.1. The smallest absolute Gasteiger partial charge is 0.252 e. The van der Waals surface area contributed by atoms with Crippen LogP contribution in [0, 0.1) is 0 Å². The number of ether oxygens (including phenoxy) is 1. The van der Waals surface area contributed by atoms with Crippen LogP contribution in [0.5, 0.6) is 0 Å². The van der Waals surface area contributed by atoms with Gasteiger partial charge in [-0.15, -0.1) is 0 Å². The van der Waals surface area contributed by atoms with Crippen LogP contribution < -0.4 is 10.6 Å². The predicted molar refractivity (Wildman–Crippen MR) is 138 cm³/mol. The minimum absolute atomic E-state index is 0.0359. The van der Waals surface area contributed by atoms with Crippen molar-refractivity contribution in [3.8, 4) is 0 Å².